The summed E-state index contributed by atoms with van der Waals surface area (Å²) >= 11 is 3.34. The maximum atomic E-state index is 11.6. The maximum Gasteiger partial charge on any atom is 0.178 e. The van der Waals surface area contributed by atoms with Gasteiger partial charge in [-0.1, -0.05) is 19.1 Å². The smallest absolute Gasteiger partial charge is 0.178 e. The minimum absolute atomic E-state index is 0.110. The molecule has 1 heterocycles. The van der Waals surface area contributed by atoms with Gasteiger partial charge in [-0.25, -0.2) is 13.4 Å². The first-order valence-corrected chi connectivity index (χ1v) is 7.51. The lowest BCUT2D eigenvalue weighted by atomic mass is 10.2. The zero-order valence-electron chi connectivity index (χ0n) is 9.14. The fraction of sp³-hybridized carbons (Fsp3) is 0.182. The van der Waals surface area contributed by atoms with Crippen LogP contribution in [0.25, 0.3) is 11.3 Å². The first kappa shape index (κ1) is 12.3. The zero-order chi connectivity index (χ0) is 12.5. The Bertz CT molecular complexity index is 617. The summed E-state index contributed by atoms with van der Waals surface area (Å²) in [5.74, 6) is 0.110. The number of nitrogens with zero attached hydrogens (tertiary/aromatic N) is 1. The Morgan fingerprint density at radius 3 is 2.41 bits per heavy atom. The van der Waals surface area contributed by atoms with Crippen molar-refractivity contribution in [3.05, 3.63) is 35.2 Å². The Labute approximate surface area is 108 Å². The third kappa shape index (κ3) is 2.42. The van der Waals surface area contributed by atoms with Crippen LogP contribution in [0.3, 0.4) is 0 Å². The fourth-order valence-corrected chi connectivity index (χ4v) is 2.78. The highest BCUT2D eigenvalue weighted by atomic mass is 79.9. The lowest BCUT2D eigenvalue weighted by Gasteiger charge is -2.02. The summed E-state index contributed by atoms with van der Waals surface area (Å²) in [7, 11) is -3.13. The molecule has 1 aromatic heterocycles. The van der Waals surface area contributed by atoms with Crippen LogP contribution in [0.4, 0.5) is 0 Å². The van der Waals surface area contributed by atoms with Crippen molar-refractivity contribution in [2.24, 2.45) is 0 Å². The Hall–Kier alpha value is -1.14. The Morgan fingerprint density at radius 1 is 1.29 bits per heavy atom. The highest BCUT2D eigenvalue weighted by molar-refractivity contribution is 9.10. The number of nitrogens with one attached hydrogen (secondary N) is 1. The summed E-state index contributed by atoms with van der Waals surface area (Å²) in [4.78, 5) is 7.40. The van der Waals surface area contributed by atoms with Gasteiger partial charge in [-0.05, 0) is 28.1 Å². The van der Waals surface area contributed by atoms with Crippen molar-refractivity contribution >= 4 is 25.8 Å². The summed E-state index contributed by atoms with van der Waals surface area (Å²) in [6.45, 7) is 1.63. The minimum atomic E-state index is -3.13. The number of sulfone groups is 1. The molecule has 0 unspecified atom stereocenters. The normalized spacial score (nSPS) is 11.6. The van der Waals surface area contributed by atoms with Crippen LogP contribution < -0.4 is 0 Å². The Morgan fingerprint density at radius 2 is 1.94 bits per heavy atom. The third-order valence-corrected chi connectivity index (χ3v) is 4.81. The molecule has 0 spiro atoms. The molecule has 0 amide bonds. The van der Waals surface area contributed by atoms with Crippen LogP contribution >= 0.6 is 15.9 Å². The van der Waals surface area contributed by atoms with Crippen molar-refractivity contribution in [1.82, 2.24) is 9.97 Å². The fourth-order valence-electron chi connectivity index (χ4n) is 1.47. The van der Waals surface area contributed by atoms with Gasteiger partial charge in [0.05, 0.1) is 17.0 Å². The molecule has 4 nitrogen and oxygen atoms in total. The number of hydrogen-bond donors (Lipinski definition) is 1. The number of hydrogen-bond acceptors (Lipinski definition) is 3. The van der Waals surface area contributed by atoms with E-state index in [0.29, 0.717) is 4.90 Å². The molecule has 2 rings (SSSR count). The molecule has 0 aliphatic rings. The van der Waals surface area contributed by atoms with E-state index in [4.69, 9.17) is 0 Å². The minimum Gasteiger partial charge on any atom is -0.339 e. The molecule has 90 valence electrons. The molecule has 0 bridgehead atoms. The maximum absolute atomic E-state index is 11.6. The van der Waals surface area contributed by atoms with Gasteiger partial charge in [0, 0.05) is 5.56 Å². The van der Waals surface area contributed by atoms with E-state index in [2.05, 4.69) is 25.9 Å². The van der Waals surface area contributed by atoms with Crippen molar-refractivity contribution in [2.45, 2.75) is 11.8 Å². The van der Waals surface area contributed by atoms with Gasteiger partial charge in [0.1, 0.15) is 10.3 Å². The molecule has 0 atom stereocenters. The standard InChI is InChI=1S/C11H11BrN2O2S/c1-2-17(15,16)9-5-3-8(4-6-9)10-11(12)14-7-13-10/h3-7H,2H2,1H3,(H,13,14). The van der Waals surface area contributed by atoms with E-state index in [1.54, 1.807) is 37.5 Å². The number of rotatable bonds is 3. The van der Waals surface area contributed by atoms with E-state index in [1.807, 2.05) is 0 Å². The summed E-state index contributed by atoms with van der Waals surface area (Å²) in [6.07, 6.45) is 1.58. The number of aromatic amines is 1. The SMILES string of the molecule is CCS(=O)(=O)c1ccc(-c2nc[nH]c2Br)cc1. The molecule has 0 radical (unpaired) electrons. The molecule has 17 heavy (non-hydrogen) atoms. The van der Waals surface area contributed by atoms with Crippen LogP contribution in [0.5, 0.6) is 0 Å². The highest BCUT2D eigenvalue weighted by Crippen LogP contribution is 2.25. The van der Waals surface area contributed by atoms with Crippen LogP contribution in [0.2, 0.25) is 0 Å². The predicted octanol–water partition coefficient (Wildman–Crippen LogP) is 2.63. The molecule has 0 fully saturated rings. The van der Waals surface area contributed by atoms with Crippen LogP contribution in [0, 0.1) is 0 Å². The summed E-state index contributed by atoms with van der Waals surface area (Å²) < 4.78 is 24.1. The third-order valence-electron chi connectivity index (χ3n) is 2.46. The second-order valence-electron chi connectivity index (χ2n) is 3.49. The lowest BCUT2D eigenvalue weighted by Crippen LogP contribution is -2.03. The van der Waals surface area contributed by atoms with E-state index in [-0.39, 0.29) is 5.75 Å². The van der Waals surface area contributed by atoms with Crippen LogP contribution in [-0.2, 0) is 9.84 Å². The first-order chi connectivity index (χ1) is 8.04. The number of H-pyrrole nitrogens is 1. The first-order valence-electron chi connectivity index (χ1n) is 5.06. The molecule has 0 saturated heterocycles. The number of halogens is 1. The van der Waals surface area contributed by atoms with Crippen LogP contribution in [0.1, 0.15) is 6.92 Å². The second kappa shape index (κ2) is 4.62. The van der Waals surface area contributed by atoms with E-state index >= 15 is 0 Å². The van der Waals surface area contributed by atoms with Gasteiger partial charge < -0.3 is 4.98 Å². The summed E-state index contributed by atoms with van der Waals surface area (Å²) in [5, 5.41) is 0. The summed E-state index contributed by atoms with van der Waals surface area (Å²) in [6, 6.07) is 6.72. The van der Waals surface area contributed by atoms with Gasteiger partial charge >= 0.3 is 0 Å². The van der Waals surface area contributed by atoms with Crippen molar-refractivity contribution in [3.8, 4) is 11.3 Å². The van der Waals surface area contributed by atoms with Crippen molar-refractivity contribution < 1.29 is 8.42 Å². The average molecular weight is 315 g/mol. The van der Waals surface area contributed by atoms with Gasteiger partial charge in [-0.15, -0.1) is 0 Å². The number of aromatic nitrogens is 2. The highest BCUT2D eigenvalue weighted by Gasteiger charge is 2.12. The van der Waals surface area contributed by atoms with Gasteiger partial charge in [-0.3, -0.25) is 0 Å². The zero-order valence-corrected chi connectivity index (χ0v) is 11.5. The summed E-state index contributed by atoms with van der Waals surface area (Å²) in [5.41, 5.74) is 1.64. The van der Waals surface area contributed by atoms with Crippen molar-refractivity contribution in [2.75, 3.05) is 5.75 Å². The topological polar surface area (TPSA) is 62.8 Å². The Kier molecular flexibility index (Phi) is 3.35. The average Bonchev–Trinajstić information content (AvgIpc) is 2.76. The van der Waals surface area contributed by atoms with Gasteiger partial charge in [0.2, 0.25) is 0 Å². The second-order valence-corrected chi connectivity index (χ2v) is 6.56. The molecular formula is C11H11BrN2O2S. The molecule has 6 heteroatoms. The van der Waals surface area contributed by atoms with Gasteiger partial charge in [-0.2, -0.15) is 0 Å². The molecule has 0 saturated carbocycles. The number of imidazole rings is 1. The Balaban J connectivity index is 2.41. The van der Waals surface area contributed by atoms with Crippen molar-refractivity contribution in [1.29, 1.82) is 0 Å². The number of benzene rings is 1. The van der Waals surface area contributed by atoms with E-state index in [9.17, 15) is 8.42 Å². The van der Waals surface area contributed by atoms with Crippen LogP contribution in [-0.4, -0.2) is 24.1 Å². The molecule has 1 N–H and O–H groups in total. The van der Waals surface area contributed by atoms with Gasteiger partial charge in [0.15, 0.2) is 9.84 Å². The lowest BCUT2D eigenvalue weighted by molar-refractivity contribution is 0.597. The quantitative estimate of drug-likeness (QED) is 0.947. The van der Waals surface area contributed by atoms with Crippen molar-refractivity contribution in [3.63, 3.8) is 0 Å². The largest absolute Gasteiger partial charge is 0.339 e. The molecule has 2 aromatic rings. The van der Waals surface area contributed by atoms with E-state index in [1.165, 1.54) is 0 Å². The van der Waals surface area contributed by atoms with E-state index in [0.717, 1.165) is 15.9 Å². The molecule has 0 aliphatic carbocycles. The predicted molar refractivity (Wildman–Crippen MR) is 69.5 cm³/mol. The van der Waals surface area contributed by atoms with Crippen LogP contribution in [0.15, 0.2) is 40.1 Å². The molecular weight excluding hydrogens is 304 g/mol. The molecule has 0 aliphatic heterocycles. The van der Waals surface area contributed by atoms with E-state index < -0.39 is 9.84 Å². The molecule has 1 aromatic carbocycles. The monoisotopic (exact) mass is 314 g/mol. The van der Waals surface area contributed by atoms with Gasteiger partial charge in [0.25, 0.3) is 0 Å².